The van der Waals surface area contributed by atoms with Gasteiger partial charge in [-0.15, -0.1) is 0 Å². The van der Waals surface area contributed by atoms with Gasteiger partial charge in [-0.05, 0) is 42.1 Å². The average molecular weight is 503 g/mol. The SMILES string of the molecule is CC(c1c[nH]c(=O)c2c(F)c(F)ccc12)N(CCS(N)(=O)=O)C(=O)Nc1ccc(F)c(Cl)c1. The number of sulfonamides is 1. The van der Waals surface area contributed by atoms with Gasteiger partial charge >= 0.3 is 6.03 Å². The molecule has 33 heavy (non-hydrogen) atoms. The van der Waals surface area contributed by atoms with Crippen molar-refractivity contribution in [1.29, 1.82) is 0 Å². The summed E-state index contributed by atoms with van der Waals surface area (Å²) in [6.07, 6.45) is 1.22. The van der Waals surface area contributed by atoms with Crippen LogP contribution in [0.4, 0.5) is 23.7 Å². The third kappa shape index (κ3) is 5.46. The van der Waals surface area contributed by atoms with Crippen LogP contribution < -0.4 is 16.0 Å². The van der Waals surface area contributed by atoms with E-state index in [4.69, 9.17) is 16.7 Å². The number of amides is 2. The van der Waals surface area contributed by atoms with E-state index < -0.39 is 56.2 Å². The van der Waals surface area contributed by atoms with Gasteiger partial charge in [-0.1, -0.05) is 17.7 Å². The van der Waals surface area contributed by atoms with Gasteiger partial charge in [-0.3, -0.25) is 4.79 Å². The molecule has 3 aromatic rings. The van der Waals surface area contributed by atoms with Gasteiger partial charge in [0.1, 0.15) is 5.82 Å². The van der Waals surface area contributed by atoms with Crippen LogP contribution in [0.25, 0.3) is 10.8 Å². The van der Waals surface area contributed by atoms with Crippen LogP contribution >= 0.6 is 11.6 Å². The molecular formula is C20H18ClF3N4O4S. The number of anilines is 1. The number of nitrogens with one attached hydrogen (secondary N) is 2. The average Bonchev–Trinajstić information content (AvgIpc) is 2.72. The summed E-state index contributed by atoms with van der Waals surface area (Å²) in [6.45, 7) is 1.11. The predicted molar refractivity (Wildman–Crippen MR) is 118 cm³/mol. The van der Waals surface area contributed by atoms with E-state index in [2.05, 4.69) is 10.3 Å². The fourth-order valence-corrected chi connectivity index (χ4v) is 3.92. The Morgan fingerprint density at radius 1 is 1.21 bits per heavy atom. The van der Waals surface area contributed by atoms with E-state index in [9.17, 15) is 31.2 Å². The standard InChI is InChI=1S/C20H18ClF3N4O4S/c1-10(13-9-26-19(29)17-12(13)3-5-16(23)18(17)24)28(6-7-33(25,31)32)20(30)27-11-2-4-15(22)14(21)8-11/h2-5,8-10H,6-7H2,1H3,(H,26,29)(H,27,30)(H2,25,31,32). The molecule has 1 heterocycles. The van der Waals surface area contributed by atoms with Gasteiger partial charge < -0.3 is 15.2 Å². The molecule has 2 aromatic carbocycles. The summed E-state index contributed by atoms with van der Waals surface area (Å²) in [6, 6.07) is 3.71. The fraction of sp³-hybridized carbons (Fsp3) is 0.200. The number of primary sulfonamides is 1. The molecule has 0 fully saturated rings. The molecule has 3 rings (SSSR count). The van der Waals surface area contributed by atoms with Crippen LogP contribution in [0, 0.1) is 17.5 Å². The highest BCUT2D eigenvalue weighted by molar-refractivity contribution is 7.89. The lowest BCUT2D eigenvalue weighted by Crippen LogP contribution is -2.41. The van der Waals surface area contributed by atoms with E-state index in [-0.39, 0.29) is 28.2 Å². The van der Waals surface area contributed by atoms with Crippen molar-refractivity contribution in [1.82, 2.24) is 9.88 Å². The highest BCUT2D eigenvalue weighted by Gasteiger charge is 2.26. The largest absolute Gasteiger partial charge is 0.328 e. The van der Waals surface area contributed by atoms with Crippen molar-refractivity contribution in [3.05, 3.63) is 74.9 Å². The molecule has 0 bridgehead atoms. The van der Waals surface area contributed by atoms with E-state index in [1.54, 1.807) is 0 Å². The normalized spacial score (nSPS) is 12.5. The minimum absolute atomic E-state index is 0.0309. The van der Waals surface area contributed by atoms with Crippen molar-refractivity contribution in [3.63, 3.8) is 0 Å². The lowest BCUT2D eigenvalue weighted by atomic mass is 10.0. The molecule has 13 heteroatoms. The van der Waals surface area contributed by atoms with Crippen LogP contribution in [-0.2, 0) is 10.0 Å². The number of H-pyrrole nitrogens is 1. The second-order valence-electron chi connectivity index (χ2n) is 7.15. The highest BCUT2D eigenvalue weighted by Crippen LogP contribution is 2.29. The first-order chi connectivity index (χ1) is 15.4. The zero-order valence-electron chi connectivity index (χ0n) is 17.0. The van der Waals surface area contributed by atoms with Crippen molar-refractivity contribution >= 4 is 44.1 Å². The summed E-state index contributed by atoms with van der Waals surface area (Å²) >= 11 is 5.73. The topological polar surface area (TPSA) is 125 Å². The fourth-order valence-electron chi connectivity index (χ4n) is 3.29. The number of nitrogens with two attached hydrogens (primary N) is 1. The molecule has 1 aromatic heterocycles. The van der Waals surface area contributed by atoms with Crippen LogP contribution in [0.5, 0.6) is 0 Å². The molecule has 0 aliphatic rings. The Morgan fingerprint density at radius 3 is 2.52 bits per heavy atom. The van der Waals surface area contributed by atoms with Crippen LogP contribution in [0.1, 0.15) is 18.5 Å². The Labute approximate surface area is 191 Å². The minimum atomic E-state index is -3.97. The lowest BCUT2D eigenvalue weighted by molar-refractivity contribution is 0.197. The van der Waals surface area contributed by atoms with Crippen molar-refractivity contribution < 1.29 is 26.4 Å². The number of carbonyl (C=O) groups excluding carboxylic acids is 1. The maximum absolute atomic E-state index is 14.3. The maximum Gasteiger partial charge on any atom is 0.322 e. The Kier molecular flexibility index (Phi) is 7.00. The Morgan fingerprint density at radius 2 is 1.88 bits per heavy atom. The molecular weight excluding hydrogens is 485 g/mol. The van der Waals surface area contributed by atoms with E-state index in [1.807, 2.05) is 0 Å². The summed E-state index contributed by atoms with van der Waals surface area (Å²) in [4.78, 5) is 28.5. The Hall–Kier alpha value is -3.09. The number of aromatic nitrogens is 1. The van der Waals surface area contributed by atoms with Crippen LogP contribution in [-0.4, -0.2) is 36.6 Å². The molecule has 0 spiro atoms. The van der Waals surface area contributed by atoms with E-state index in [0.29, 0.717) is 0 Å². The van der Waals surface area contributed by atoms with Crippen molar-refractivity contribution in [2.45, 2.75) is 13.0 Å². The third-order valence-electron chi connectivity index (χ3n) is 4.96. The summed E-state index contributed by atoms with van der Waals surface area (Å²) in [5.41, 5.74) is -0.539. The molecule has 2 amide bonds. The first-order valence-electron chi connectivity index (χ1n) is 9.41. The monoisotopic (exact) mass is 502 g/mol. The van der Waals surface area contributed by atoms with E-state index >= 15 is 0 Å². The van der Waals surface area contributed by atoms with Crippen LogP contribution in [0.15, 0.2) is 41.3 Å². The zero-order chi connectivity index (χ0) is 24.5. The molecule has 176 valence electrons. The number of carbonyl (C=O) groups is 1. The number of halogens is 4. The van der Waals surface area contributed by atoms with Crippen LogP contribution in [0.2, 0.25) is 5.02 Å². The summed E-state index contributed by atoms with van der Waals surface area (Å²) in [5.74, 6) is -3.90. The van der Waals surface area contributed by atoms with Gasteiger partial charge in [0.2, 0.25) is 10.0 Å². The van der Waals surface area contributed by atoms with Gasteiger partial charge in [0.25, 0.3) is 5.56 Å². The van der Waals surface area contributed by atoms with Crippen molar-refractivity contribution in [2.24, 2.45) is 5.14 Å². The number of nitrogens with zero attached hydrogens (tertiary/aromatic N) is 1. The molecule has 4 N–H and O–H groups in total. The van der Waals surface area contributed by atoms with Gasteiger partial charge in [-0.2, -0.15) is 0 Å². The Balaban J connectivity index is 2.04. The third-order valence-corrected chi connectivity index (χ3v) is 6.00. The first kappa shape index (κ1) is 24.6. The minimum Gasteiger partial charge on any atom is -0.328 e. The predicted octanol–water partition coefficient (Wildman–Crippen LogP) is 3.48. The van der Waals surface area contributed by atoms with Gasteiger partial charge in [-0.25, -0.2) is 31.5 Å². The molecule has 0 aliphatic carbocycles. The number of pyridine rings is 1. The molecule has 8 nitrogen and oxygen atoms in total. The smallest absolute Gasteiger partial charge is 0.322 e. The lowest BCUT2D eigenvalue weighted by Gasteiger charge is -2.30. The van der Waals surface area contributed by atoms with Gasteiger partial charge in [0.05, 0.1) is 22.2 Å². The molecule has 1 atom stereocenters. The number of aromatic amines is 1. The summed E-state index contributed by atoms with van der Waals surface area (Å²) in [7, 11) is -3.97. The number of rotatable bonds is 6. The number of benzene rings is 2. The van der Waals surface area contributed by atoms with Crippen molar-refractivity contribution in [2.75, 3.05) is 17.6 Å². The number of hydrogen-bond donors (Lipinski definition) is 3. The molecule has 1 unspecified atom stereocenters. The first-order valence-corrected chi connectivity index (χ1v) is 11.5. The zero-order valence-corrected chi connectivity index (χ0v) is 18.6. The number of fused-ring (bicyclic) bond motifs is 1. The quantitative estimate of drug-likeness (QED) is 0.477. The second kappa shape index (κ2) is 9.41. The Bertz CT molecular complexity index is 1400. The molecule has 0 saturated heterocycles. The number of urea groups is 1. The molecule has 0 radical (unpaired) electrons. The van der Waals surface area contributed by atoms with Crippen molar-refractivity contribution in [3.8, 4) is 0 Å². The molecule has 0 aliphatic heterocycles. The number of hydrogen-bond acceptors (Lipinski definition) is 4. The summed E-state index contributed by atoms with van der Waals surface area (Å²) < 4.78 is 64.4. The maximum atomic E-state index is 14.3. The van der Waals surface area contributed by atoms with Gasteiger partial charge in [0, 0.05) is 18.4 Å². The highest BCUT2D eigenvalue weighted by atomic mass is 35.5. The second-order valence-corrected chi connectivity index (χ2v) is 9.29. The summed E-state index contributed by atoms with van der Waals surface area (Å²) in [5, 5.41) is 6.78. The molecule has 0 saturated carbocycles. The van der Waals surface area contributed by atoms with Crippen LogP contribution in [0.3, 0.4) is 0 Å². The van der Waals surface area contributed by atoms with E-state index in [1.165, 1.54) is 25.3 Å². The van der Waals surface area contributed by atoms with Gasteiger partial charge in [0.15, 0.2) is 11.6 Å². The van der Waals surface area contributed by atoms with E-state index in [0.717, 1.165) is 23.1 Å².